The number of amides is 1. The van der Waals surface area contributed by atoms with Crippen LogP contribution >= 0.6 is 11.6 Å². The van der Waals surface area contributed by atoms with Crippen molar-refractivity contribution in [3.05, 3.63) is 23.0 Å². The maximum atomic E-state index is 12.2. The Kier molecular flexibility index (Phi) is 6.89. The van der Waals surface area contributed by atoms with Crippen LogP contribution in [-0.2, 0) is 14.3 Å². The van der Waals surface area contributed by atoms with Crippen LogP contribution in [0, 0.1) is 0 Å². The zero-order valence-corrected chi connectivity index (χ0v) is 12.1. The topological polar surface area (TPSA) is 81.6 Å². The molecule has 1 amide bonds. The molecule has 110 valence electrons. The molecule has 7 nitrogen and oxygen atoms in total. The van der Waals surface area contributed by atoms with Gasteiger partial charge < -0.3 is 14.4 Å². The lowest BCUT2D eigenvalue weighted by molar-refractivity contribution is -0.140. The van der Waals surface area contributed by atoms with Gasteiger partial charge in [-0.05, 0) is 12.1 Å². The number of carbonyl (C=O) groups is 2. The molecule has 0 radical (unpaired) electrons. The number of carbonyl (C=O) groups excluding carboxylic acids is 2. The third kappa shape index (κ3) is 5.10. The Morgan fingerprint density at radius 1 is 1.25 bits per heavy atom. The average molecular weight is 302 g/mol. The molecule has 0 aliphatic carbocycles. The van der Waals surface area contributed by atoms with Crippen LogP contribution in [0.25, 0.3) is 0 Å². The molecule has 20 heavy (non-hydrogen) atoms. The standard InChI is InChI=1S/C12H16ClN3O4/c1-19-8-7-16(6-5-11(17)20-2)12(18)9-3-4-10(13)15-14-9/h3-4H,5-8H2,1-2H3. The maximum absolute atomic E-state index is 12.2. The van der Waals surface area contributed by atoms with E-state index in [1.54, 1.807) is 0 Å². The fourth-order valence-electron chi connectivity index (χ4n) is 1.44. The molecule has 0 aliphatic heterocycles. The zero-order valence-electron chi connectivity index (χ0n) is 11.3. The van der Waals surface area contributed by atoms with Crippen LogP contribution in [0.5, 0.6) is 0 Å². The SMILES string of the molecule is COCCN(CCC(=O)OC)C(=O)c1ccc(Cl)nn1. The number of hydrogen-bond acceptors (Lipinski definition) is 6. The Morgan fingerprint density at radius 2 is 2.00 bits per heavy atom. The number of esters is 1. The molecule has 0 spiro atoms. The van der Waals surface area contributed by atoms with E-state index in [1.165, 1.54) is 31.3 Å². The van der Waals surface area contributed by atoms with Gasteiger partial charge in [-0.2, -0.15) is 0 Å². The van der Waals surface area contributed by atoms with E-state index in [0.717, 1.165) is 0 Å². The van der Waals surface area contributed by atoms with Crippen molar-refractivity contribution in [3.63, 3.8) is 0 Å². The van der Waals surface area contributed by atoms with E-state index in [4.69, 9.17) is 16.3 Å². The van der Waals surface area contributed by atoms with Crippen LogP contribution in [0.3, 0.4) is 0 Å². The van der Waals surface area contributed by atoms with Gasteiger partial charge in [-0.3, -0.25) is 9.59 Å². The highest BCUT2D eigenvalue weighted by Crippen LogP contribution is 2.06. The number of methoxy groups -OCH3 is 2. The third-order valence-corrected chi connectivity index (χ3v) is 2.72. The summed E-state index contributed by atoms with van der Waals surface area (Å²) in [5, 5.41) is 7.55. The van der Waals surface area contributed by atoms with Crippen molar-refractivity contribution in [2.75, 3.05) is 33.9 Å². The molecule has 0 aliphatic rings. The molecule has 0 atom stereocenters. The van der Waals surface area contributed by atoms with E-state index in [2.05, 4.69) is 14.9 Å². The highest BCUT2D eigenvalue weighted by molar-refractivity contribution is 6.29. The molecule has 0 fully saturated rings. The second kappa shape index (κ2) is 8.44. The van der Waals surface area contributed by atoms with E-state index in [1.807, 2.05) is 0 Å². The van der Waals surface area contributed by atoms with E-state index in [9.17, 15) is 9.59 Å². The lowest BCUT2D eigenvalue weighted by Crippen LogP contribution is -2.36. The molecule has 0 saturated heterocycles. The fourth-order valence-corrected chi connectivity index (χ4v) is 1.54. The maximum Gasteiger partial charge on any atom is 0.307 e. The molecule has 1 aromatic rings. The van der Waals surface area contributed by atoms with Gasteiger partial charge in [0.25, 0.3) is 5.91 Å². The van der Waals surface area contributed by atoms with Gasteiger partial charge in [-0.25, -0.2) is 0 Å². The van der Waals surface area contributed by atoms with Crippen LogP contribution < -0.4 is 0 Å². The third-order valence-electron chi connectivity index (χ3n) is 2.52. The summed E-state index contributed by atoms with van der Waals surface area (Å²) in [5.41, 5.74) is 0.162. The van der Waals surface area contributed by atoms with Crippen molar-refractivity contribution in [3.8, 4) is 0 Å². The predicted octanol–water partition coefficient (Wildman–Crippen LogP) is 0.782. The number of nitrogens with zero attached hydrogens (tertiary/aromatic N) is 3. The summed E-state index contributed by atoms with van der Waals surface area (Å²) < 4.78 is 9.50. The molecule has 0 aromatic carbocycles. The van der Waals surface area contributed by atoms with Crippen molar-refractivity contribution < 1.29 is 19.1 Å². The first-order chi connectivity index (χ1) is 9.58. The Hall–Kier alpha value is -1.73. The molecule has 1 heterocycles. The number of ether oxygens (including phenoxy) is 2. The summed E-state index contributed by atoms with van der Waals surface area (Å²) in [6.07, 6.45) is 0.104. The minimum Gasteiger partial charge on any atom is -0.469 e. The largest absolute Gasteiger partial charge is 0.469 e. The molecular formula is C12H16ClN3O4. The van der Waals surface area contributed by atoms with E-state index < -0.39 is 0 Å². The molecule has 1 rings (SSSR count). The monoisotopic (exact) mass is 301 g/mol. The summed E-state index contributed by atoms with van der Waals surface area (Å²) >= 11 is 5.62. The van der Waals surface area contributed by atoms with Crippen LogP contribution in [-0.4, -0.2) is 60.9 Å². The molecule has 1 aromatic heterocycles. The first kappa shape index (κ1) is 16.3. The Morgan fingerprint density at radius 3 is 2.55 bits per heavy atom. The van der Waals surface area contributed by atoms with Gasteiger partial charge in [-0.1, -0.05) is 11.6 Å². The lowest BCUT2D eigenvalue weighted by Gasteiger charge is -2.21. The first-order valence-electron chi connectivity index (χ1n) is 5.92. The van der Waals surface area contributed by atoms with Crippen molar-refractivity contribution >= 4 is 23.5 Å². The van der Waals surface area contributed by atoms with E-state index >= 15 is 0 Å². The second-order valence-electron chi connectivity index (χ2n) is 3.85. The highest BCUT2D eigenvalue weighted by Gasteiger charge is 2.18. The van der Waals surface area contributed by atoms with Gasteiger partial charge in [0, 0.05) is 20.2 Å². The first-order valence-corrected chi connectivity index (χ1v) is 6.30. The smallest absolute Gasteiger partial charge is 0.307 e. The number of halogens is 1. The summed E-state index contributed by atoms with van der Waals surface area (Å²) in [5.74, 6) is -0.725. The quantitative estimate of drug-likeness (QED) is 0.692. The Bertz CT molecular complexity index is 453. The molecule has 8 heteroatoms. The van der Waals surface area contributed by atoms with Gasteiger partial charge in [0.05, 0.1) is 20.1 Å². The summed E-state index contributed by atoms with van der Waals surface area (Å²) in [4.78, 5) is 24.8. The van der Waals surface area contributed by atoms with Gasteiger partial charge in [-0.15, -0.1) is 10.2 Å². The molecule has 0 N–H and O–H groups in total. The van der Waals surface area contributed by atoms with Crippen LogP contribution in [0.1, 0.15) is 16.9 Å². The van der Waals surface area contributed by atoms with Crippen molar-refractivity contribution in [1.29, 1.82) is 0 Å². The number of hydrogen-bond donors (Lipinski definition) is 0. The zero-order chi connectivity index (χ0) is 15.0. The van der Waals surface area contributed by atoms with Crippen molar-refractivity contribution in [2.45, 2.75) is 6.42 Å². The second-order valence-corrected chi connectivity index (χ2v) is 4.24. The normalized spacial score (nSPS) is 10.2. The van der Waals surface area contributed by atoms with E-state index in [-0.39, 0.29) is 35.7 Å². The lowest BCUT2D eigenvalue weighted by atomic mass is 10.3. The van der Waals surface area contributed by atoms with Gasteiger partial charge >= 0.3 is 5.97 Å². The molecule has 0 bridgehead atoms. The number of aromatic nitrogens is 2. The molecule has 0 unspecified atom stereocenters. The van der Waals surface area contributed by atoms with Crippen LogP contribution in [0.4, 0.5) is 0 Å². The van der Waals surface area contributed by atoms with Crippen LogP contribution in [0.15, 0.2) is 12.1 Å². The Labute approximate surface area is 121 Å². The van der Waals surface area contributed by atoms with Crippen LogP contribution in [0.2, 0.25) is 5.15 Å². The summed E-state index contributed by atoms with van der Waals surface area (Å²) in [7, 11) is 2.83. The van der Waals surface area contributed by atoms with Crippen molar-refractivity contribution in [1.82, 2.24) is 15.1 Å². The predicted molar refractivity (Wildman–Crippen MR) is 71.5 cm³/mol. The molecular weight excluding hydrogens is 286 g/mol. The van der Waals surface area contributed by atoms with Gasteiger partial charge in [0.2, 0.25) is 0 Å². The minimum atomic E-state index is -0.387. The average Bonchev–Trinajstić information content (AvgIpc) is 2.47. The van der Waals surface area contributed by atoms with Crippen molar-refractivity contribution in [2.24, 2.45) is 0 Å². The summed E-state index contributed by atoms with van der Waals surface area (Å²) in [6.45, 7) is 0.920. The van der Waals surface area contributed by atoms with Gasteiger partial charge in [0.1, 0.15) is 0 Å². The summed E-state index contributed by atoms with van der Waals surface area (Å²) in [6, 6.07) is 2.96. The number of rotatable bonds is 7. The van der Waals surface area contributed by atoms with Gasteiger partial charge in [0.15, 0.2) is 10.8 Å². The van der Waals surface area contributed by atoms with E-state index in [0.29, 0.717) is 13.2 Å². The minimum absolute atomic E-state index is 0.104. The Balaban J connectivity index is 2.72. The fraction of sp³-hybridized carbons (Fsp3) is 0.500. The molecule has 0 saturated carbocycles. The highest BCUT2D eigenvalue weighted by atomic mass is 35.5.